The number of piperazine rings is 1. The molecule has 208 valence electrons. The van der Waals surface area contributed by atoms with Gasteiger partial charge < -0.3 is 15.0 Å². The van der Waals surface area contributed by atoms with Crippen molar-refractivity contribution in [2.75, 3.05) is 49.6 Å². The van der Waals surface area contributed by atoms with Crippen molar-refractivity contribution < 1.29 is 22.7 Å². The topological polar surface area (TPSA) is 75.5 Å². The normalized spacial score (nSPS) is 25.8. The van der Waals surface area contributed by atoms with Gasteiger partial charge in [0, 0.05) is 68.4 Å². The number of hydrogen-bond acceptors (Lipinski definition) is 6. The molecule has 1 N–H and O–H groups in total. The van der Waals surface area contributed by atoms with Crippen molar-refractivity contribution in [2.45, 2.75) is 37.4 Å². The first-order chi connectivity index (χ1) is 18.5. The van der Waals surface area contributed by atoms with Crippen LogP contribution in [0.1, 0.15) is 36.9 Å². The number of aryl methyl sites for hydroxylation is 1. The number of halogens is 4. The zero-order chi connectivity index (χ0) is 27.5. The highest BCUT2D eigenvalue weighted by Gasteiger charge is 2.50. The van der Waals surface area contributed by atoms with Crippen molar-refractivity contribution in [3.63, 3.8) is 0 Å². The van der Waals surface area contributed by atoms with Gasteiger partial charge in [-0.25, -0.2) is 4.98 Å². The second-order valence-corrected chi connectivity index (χ2v) is 11.4. The number of anilines is 2. The molecule has 3 fully saturated rings. The first-order valence-electron chi connectivity index (χ1n) is 13.1. The van der Waals surface area contributed by atoms with Crippen LogP contribution in [0.4, 0.5) is 24.7 Å². The minimum atomic E-state index is -4.53. The maximum Gasteiger partial charge on any atom is 0.433 e. The molecule has 8 nitrogen and oxygen atoms in total. The average molecular weight is 563 g/mol. The number of carbonyl (C=O) groups excluding carboxylic acids is 1. The van der Waals surface area contributed by atoms with Gasteiger partial charge in [0.1, 0.15) is 11.5 Å². The van der Waals surface area contributed by atoms with Crippen LogP contribution in [0.15, 0.2) is 30.6 Å². The molecule has 3 atom stereocenters. The molecule has 1 amide bonds. The summed E-state index contributed by atoms with van der Waals surface area (Å²) in [6.07, 6.45) is -0.295. The highest BCUT2D eigenvalue weighted by Crippen LogP contribution is 2.51. The van der Waals surface area contributed by atoms with Crippen molar-refractivity contribution in [1.82, 2.24) is 19.7 Å². The Kier molecular flexibility index (Phi) is 6.51. The van der Waals surface area contributed by atoms with E-state index in [0.29, 0.717) is 17.3 Å². The fourth-order valence-electron chi connectivity index (χ4n) is 5.98. The summed E-state index contributed by atoms with van der Waals surface area (Å²) in [6, 6.07) is 5.67. The van der Waals surface area contributed by atoms with E-state index in [9.17, 15) is 18.0 Å². The molecule has 3 aromatic rings. The molecule has 2 aromatic heterocycles. The maximum absolute atomic E-state index is 13.5. The molecule has 1 saturated carbocycles. The maximum atomic E-state index is 13.5. The van der Waals surface area contributed by atoms with Crippen molar-refractivity contribution in [3.05, 3.63) is 46.9 Å². The van der Waals surface area contributed by atoms with Crippen molar-refractivity contribution >= 4 is 39.8 Å². The third kappa shape index (κ3) is 4.96. The van der Waals surface area contributed by atoms with Gasteiger partial charge in [-0.3, -0.25) is 14.4 Å². The van der Waals surface area contributed by atoms with Gasteiger partial charge in [0.05, 0.1) is 23.5 Å². The Morgan fingerprint density at radius 1 is 1.15 bits per heavy atom. The Morgan fingerprint density at radius 3 is 2.62 bits per heavy atom. The second kappa shape index (κ2) is 9.64. The molecular formula is C27H30ClF3N6O2. The Labute approximate surface area is 229 Å². The molecule has 1 aliphatic carbocycles. The molecule has 4 heterocycles. The summed E-state index contributed by atoms with van der Waals surface area (Å²) in [6.45, 7) is 7.35. The van der Waals surface area contributed by atoms with Crippen LogP contribution in [0, 0.1) is 5.92 Å². The van der Waals surface area contributed by atoms with Crippen molar-refractivity contribution in [3.8, 4) is 0 Å². The van der Waals surface area contributed by atoms with Crippen LogP contribution in [-0.4, -0.2) is 70.5 Å². The minimum Gasteiger partial charge on any atom is -0.379 e. The van der Waals surface area contributed by atoms with E-state index in [2.05, 4.69) is 32.1 Å². The van der Waals surface area contributed by atoms with E-state index in [-0.39, 0.29) is 17.0 Å². The fourth-order valence-corrected chi connectivity index (χ4v) is 6.27. The van der Waals surface area contributed by atoms with Gasteiger partial charge in [-0.15, -0.1) is 0 Å². The summed E-state index contributed by atoms with van der Waals surface area (Å²) in [5, 5.41) is 8.91. The number of alkyl halides is 3. The smallest absolute Gasteiger partial charge is 0.379 e. The largest absolute Gasteiger partial charge is 0.433 e. The molecule has 6 rings (SSSR count). The third-order valence-electron chi connectivity index (χ3n) is 8.38. The lowest BCUT2D eigenvalue weighted by molar-refractivity contribution is -0.144. The minimum absolute atomic E-state index is 0.0606. The number of pyridine rings is 1. The molecule has 2 aliphatic heterocycles. The Morgan fingerprint density at radius 2 is 1.92 bits per heavy atom. The van der Waals surface area contributed by atoms with E-state index >= 15 is 0 Å². The number of carbonyl (C=O) groups is 1. The Bertz CT molecular complexity index is 1410. The number of aromatic nitrogens is 3. The van der Waals surface area contributed by atoms with Crippen LogP contribution < -0.4 is 10.2 Å². The highest BCUT2D eigenvalue weighted by molar-refractivity contribution is 6.34. The van der Waals surface area contributed by atoms with Gasteiger partial charge in [0.2, 0.25) is 5.91 Å². The fraction of sp³-hybridized carbons (Fsp3) is 0.519. The number of ether oxygens (including phenoxy) is 1. The van der Waals surface area contributed by atoms with Gasteiger partial charge in [-0.2, -0.15) is 18.3 Å². The number of benzene rings is 1. The summed E-state index contributed by atoms with van der Waals surface area (Å²) in [7, 11) is 1.26. The summed E-state index contributed by atoms with van der Waals surface area (Å²) in [4.78, 5) is 22.0. The molecule has 0 bridgehead atoms. The lowest BCUT2D eigenvalue weighted by Crippen LogP contribution is -2.56. The molecule has 39 heavy (non-hydrogen) atoms. The summed E-state index contributed by atoms with van der Waals surface area (Å²) >= 11 is 6.66. The Hall–Kier alpha value is -2.89. The monoisotopic (exact) mass is 562 g/mol. The molecule has 0 spiro atoms. The summed E-state index contributed by atoms with van der Waals surface area (Å²) in [5.74, 6) is -1.07. The van der Waals surface area contributed by atoms with E-state index < -0.39 is 23.7 Å². The van der Waals surface area contributed by atoms with Gasteiger partial charge in [0.15, 0.2) is 0 Å². The third-order valence-corrected chi connectivity index (χ3v) is 8.69. The van der Waals surface area contributed by atoms with E-state index in [1.165, 1.54) is 13.2 Å². The first kappa shape index (κ1) is 26.3. The van der Waals surface area contributed by atoms with Crippen LogP contribution in [0.5, 0.6) is 0 Å². The number of rotatable bonds is 5. The lowest BCUT2D eigenvalue weighted by atomic mass is 9.98. The summed E-state index contributed by atoms with van der Waals surface area (Å²) < 4.78 is 46.8. The zero-order valence-electron chi connectivity index (χ0n) is 21.8. The number of nitrogens with one attached hydrogen (secondary N) is 1. The molecule has 2 saturated heterocycles. The molecular weight excluding hydrogens is 533 g/mol. The quantitative estimate of drug-likeness (QED) is 0.487. The van der Waals surface area contributed by atoms with Crippen LogP contribution in [0.25, 0.3) is 10.8 Å². The van der Waals surface area contributed by atoms with Gasteiger partial charge >= 0.3 is 6.18 Å². The molecule has 1 aromatic carbocycles. The van der Waals surface area contributed by atoms with Crippen LogP contribution in [0.2, 0.25) is 5.02 Å². The average Bonchev–Trinajstić information content (AvgIpc) is 3.40. The van der Waals surface area contributed by atoms with Crippen molar-refractivity contribution in [1.29, 1.82) is 0 Å². The number of nitrogens with zero attached hydrogens (tertiary/aromatic N) is 5. The Balaban J connectivity index is 1.15. The molecule has 3 aliphatic rings. The summed E-state index contributed by atoms with van der Waals surface area (Å²) in [5.41, 5.74) is 0.274. The molecule has 0 unspecified atom stereocenters. The predicted molar refractivity (Wildman–Crippen MR) is 142 cm³/mol. The zero-order valence-corrected chi connectivity index (χ0v) is 22.5. The SMILES string of the molecule is Cn1ncc([C@H]2C[C@@H]2C(=O)Nc2cc3cc(N4CCN([C@@]5(C)CCOC5)CC4)c(Cl)cc3cn2)c1C(F)(F)F. The van der Waals surface area contributed by atoms with Gasteiger partial charge in [-0.1, -0.05) is 11.6 Å². The van der Waals surface area contributed by atoms with E-state index in [4.69, 9.17) is 16.3 Å². The lowest BCUT2D eigenvalue weighted by Gasteiger charge is -2.44. The van der Waals surface area contributed by atoms with Crippen LogP contribution >= 0.6 is 11.6 Å². The predicted octanol–water partition coefficient (Wildman–Crippen LogP) is 4.68. The number of amides is 1. The van der Waals surface area contributed by atoms with Gasteiger partial charge in [-0.05, 0) is 49.3 Å². The second-order valence-electron chi connectivity index (χ2n) is 11.0. The molecule has 0 radical (unpaired) electrons. The van der Waals surface area contributed by atoms with E-state index in [1.807, 2.05) is 12.1 Å². The van der Waals surface area contributed by atoms with Crippen molar-refractivity contribution in [2.24, 2.45) is 13.0 Å². The first-order valence-corrected chi connectivity index (χ1v) is 13.5. The highest BCUT2D eigenvalue weighted by atomic mass is 35.5. The van der Waals surface area contributed by atoms with Crippen LogP contribution in [0.3, 0.4) is 0 Å². The van der Waals surface area contributed by atoms with E-state index in [1.54, 1.807) is 12.3 Å². The molecule has 12 heteroatoms. The number of fused-ring (bicyclic) bond motifs is 1. The van der Waals surface area contributed by atoms with Gasteiger partial charge in [0.25, 0.3) is 0 Å². The standard InChI is InChI=1S/C27H30ClF3N6O2/c1-26(3-8-39-15-26)37-6-4-36(5-7-37)22-10-16-11-23(32-13-17(16)9-21(22)28)34-25(38)19-12-18(19)20-14-33-35(2)24(20)27(29,30)31/h9-11,13-14,18-19H,3-8,12,15H2,1-2H3,(H,32,34,38)/t18-,19-,26-/m0/s1. The number of hydrogen-bond donors (Lipinski definition) is 1. The van der Waals surface area contributed by atoms with Crippen LogP contribution in [-0.2, 0) is 22.8 Å². The van der Waals surface area contributed by atoms with E-state index in [0.717, 1.165) is 67.0 Å².